The molecule has 1 aliphatic carbocycles. The Morgan fingerprint density at radius 2 is 1.73 bits per heavy atom. The summed E-state index contributed by atoms with van der Waals surface area (Å²) < 4.78 is 0. The molecule has 2 heteroatoms. The molecule has 0 aromatic heterocycles. The maximum absolute atomic E-state index is 6.13. The number of hydrogen-bond acceptors (Lipinski definition) is 2. The summed E-state index contributed by atoms with van der Waals surface area (Å²) in [5, 5.41) is 0. The Balaban J connectivity index is 1.65. The summed E-state index contributed by atoms with van der Waals surface area (Å²) >= 11 is 0. The normalized spacial score (nSPS) is 50.4. The summed E-state index contributed by atoms with van der Waals surface area (Å²) in [7, 11) is 0. The molecule has 4 unspecified atom stereocenters. The number of piperidine rings is 2. The highest BCUT2D eigenvalue weighted by atomic mass is 15.2. The van der Waals surface area contributed by atoms with Crippen LogP contribution in [-0.2, 0) is 0 Å². The second kappa shape index (κ2) is 3.74. The molecule has 1 saturated carbocycles. The minimum absolute atomic E-state index is 0.494. The maximum atomic E-state index is 6.13. The molecule has 2 heterocycles. The standard InChI is InChI=1S/C13H24N2/c1-9-5-10(9)8-15-12-3-2-4-13(15)7-11(14)6-12/h9-13H,2-8,14H2,1H3. The van der Waals surface area contributed by atoms with E-state index in [0.717, 1.165) is 23.9 Å². The van der Waals surface area contributed by atoms with Gasteiger partial charge in [-0.1, -0.05) is 13.3 Å². The molecule has 4 atom stereocenters. The minimum atomic E-state index is 0.494. The predicted molar refractivity (Wildman–Crippen MR) is 62.6 cm³/mol. The van der Waals surface area contributed by atoms with Gasteiger partial charge in [0.15, 0.2) is 0 Å². The molecule has 15 heavy (non-hydrogen) atoms. The smallest absolute Gasteiger partial charge is 0.0113 e. The molecule has 0 aromatic carbocycles. The molecule has 86 valence electrons. The number of fused-ring (bicyclic) bond motifs is 2. The van der Waals surface area contributed by atoms with Crippen LogP contribution in [0.15, 0.2) is 0 Å². The highest BCUT2D eigenvalue weighted by Crippen LogP contribution is 2.42. The molecule has 2 aliphatic heterocycles. The second-order valence-electron chi connectivity index (χ2n) is 6.14. The van der Waals surface area contributed by atoms with Crippen molar-refractivity contribution in [3.8, 4) is 0 Å². The molecule has 2 bridgehead atoms. The zero-order valence-electron chi connectivity index (χ0n) is 9.86. The van der Waals surface area contributed by atoms with E-state index in [1.807, 2.05) is 0 Å². The summed E-state index contributed by atoms with van der Waals surface area (Å²) in [4.78, 5) is 2.82. The van der Waals surface area contributed by atoms with Crippen LogP contribution in [0, 0.1) is 11.8 Å². The summed E-state index contributed by atoms with van der Waals surface area (Å²) in [6.07, 6.45) is 8.26. The van der Waals surface area contributed by atoms with Crippen molar-refractivity contribution < 1.29 is 0 Å². The Labute approximate surface area is 93.2 Å². The molecule has 3 rings (SSSR count). The Hall–Kier alpha value is -0.0800. The summed E-state index contributed by atoms with van der Waals surface area (Å²) in [6.45, 7) is 3.78. The van der Waals surface area contributed by atoms with E-state index in [0.29, 0.717) is 6.04 Å². The van der Waals surface area contributed by atoms with Crippen LogP contribution in [0.1, 0.15) is 45.4 Å². The van der Waals surface area contributed by atoms with Crippen LogP contribution >= 0.6 is 0 Å². The van der Waals surface area contributed by atoms with Crippen molar-refractivity contribution in [1.82, 2.24) is 4.90 Å². The monoisotopic (exact) mass is 208 g/mol. The molecule has 2 nitrogen and oxygen atoms in total. The lowest BCUT2D eigenvalue weighted by Gasteiger charge is -2.48. The van der Waals surface area contributed by atoms with Gasteiger partial charge in [-0.25, -0.2) is 0 Å². The van der Waals surface area contributed by atoms with Crippen LogP contribution in [0.5, 0.6) is 0 Å². The van der Waals surface area contributed by atoms with E-state index < -0.39 is 0 Å². The number of nitrogens with two attached hydrogens (primary N) is 1. The fourth-order valence-electron chi connectivity index (χ4n) is 3.74. The van der Waals surface area contributed by atoms with Crippen molar-refractivity contribution in [2.45, 2.75) is 63.6 Å². The van der Waals surface area contributed by atoms with Crippen LogP contribution in [0.3, 0.4) is 0 Å². The van der Waals surface area contributed by atoms with Gasteiger partial charge >= 0.3 is 0 Å². The average Bonchev–Trinajstić information content (AvgIpc) is 2.84. The van der Waals surface area contributed by atoms with Crippen molar-refractivity contribution in [2.75, 3.05) is 6.54 Å². The third-order valence-corrected chi connectivity index (χ3v) is 4.88. The topological polar surface area (TPSA) is 29.3 Å². The van der Waals surface area contributed by atoms with Crippen LogP contribution < -0.4 is 5.73 Å². The van der Waals surface area contributed by atoms with Crippen molar-refractivity contribution in [3.63, 3.8) is 0 Å². The molecule has 0 radical (unpaired) electrons. The molecule has 3 aliphatic rings. The first-order chi connectivity index (χ1) is 7.24. The minimum Gasteiger partial charge on any atom is -0.328 e. The third kappa shape index (κ3) is 1.94. The van der Waals surface area contributed by atoms with Crippen LogP contribution in [0.4, 0.5) is 0 Å². The Kier molecular flexibility index (Phi) is 2.52. The van der Waals surface area contributed by atoms with Gasteiger partial charge in [0, 0.05) is 24.7 Å². The van der Waals surface area contributed by atoms with Gasteiger partial charge in [0.2, 0.25) is 0 Å². The molecule has 2 N–H and O–H groups in total. The highest BCUT2D eigenvalue weighted by molar-refractivity contribution is 4.97. The molecule has 2 saturated heterocycles. The third-order valence-electron chi connectivity index (χ3n) is 4.88. The molecule has 0 spiro atoms. The quantitative estimate of drug-likeness (QED) is 0.752. The first kappa shape index (κ1) is 10.1. The molecule has 3 fully saturated rings. The van der Waals surface area contributed by atoms with E-state index in [1.54, 1.807) is 0 Å². The number of rotatable bonds is 2. The van der Waals surface area contributed by atoms with Gasteiger partial charge in [-0.15, -0.1) is 0 Å². The first-order valence-corrected chi connectivity index (χ1v) is 6.75. The van der Waals surface area contributed by atoms with Crippen molar-refractivity contribution in [3.05, 3.63) is 0 Å². The van der Waals surface area contributed by atoms with Gasteiger partial charge < -0.3 is 5.73 Å². The van der Waals surface area contributed by atoms with Gasteiger partial charge in [-0.2, -0.15) is 0 Å². The van der Waals surface area contributed by atoms with E-state index in [-0.39, 0.29) is 0 Å². The molecule has 0 aromatic rings. The van der Waals surface area contributed by atoms with E-state index in [9.17, 15) is 0 Å². The van der Waals surface area contributed by atoms with Crippen LogP contribution in [-0.4, -0.2) is 29.6 Å². The summed E-state index contributed by atoms with van der Waals surface area (Å²) in [6, 6.07) is 2.16. The van der Waals surface area contributed by atoms with E-state index in [4.69, 9.17) is 5.73 Å². The Morgan fingerprint density at radius 3 is 2.27 bits per heavy atom. The fraction of sp³-hybridized carbons (Fsp3) is 1.00. The highest BCUT2D eigenvalue weighted by Gasteiger charge is 2.41. The zero-order chi connectivity index (χ0) is 10.4. The van der Waals surface area contributed by atoms with E-state index >= 15 is 0 Å². The molecule has 0 amide bonds. The second-order valence-corrected chi connectivity index (χ2v) is 6.14. The number of nitrogens with zero attached hydrogens (tertiary/aromatic N) is 1. The van der Waals surface area contributed by atoms with Gasteiger partial charge in [0.05, 0.1) is 0 Å². The van der Waals surface area contributed by atoms with Crippen LogP contribution in [0.2, 0.25) is 0 Å². The van der Waals surface area contributed by atoms with Crippen molar-refractivity contribution in [1.29, 1.82) is 0 Å². The number of hydrogen-bond donors (Lipinski definition) is 1. The SMILES string of the molecule is CC1CC1CN1C2CCCC1CC(N)C2. The van der Waals surface area contributed by atoms with Crippen LogP contribution in [0.25, 0.3) is 0 Å². The van der Waals surface area contributed by atoms with Gasteiger partial charge in [0.25, 0.3) is 0 Å². The van der Waals surface area contributed by atoms with Gasteiger partial charge in [-0.3, -0.25) is 4.90 Å². The predicted octanol–water partition coefficient (Wildman–Crippen LogP) is 1.99. The van der Waals surface area contributed by atoms with Gasteiger partial charge in [-0.05, 0) is 43.9 Å². The summed E-state index contributed by atoms with van der Waals surface area (Å²) in [5.41, 5.74) is 6.13. The maximum Gasteiger partial charge on any atom is 0.0113 e. The van der Waals surface area contributed by atoms with Crippen molar-refractivity contribution >= 4 is 0 Å². The fourth-order valence-corrected chi connectivity index (χ4v) is 3.74. The average molecular weight is 208 g/mol. The molecular formula is C13H24N2. The van der Waals surface area contributed by atoms with Crippen molar-refractivity contribution in [2.24, 2.45) is 17.6 Å². The first-order valence-electron chi connectivity index (χ1n) is 6.75. The lowest BCUT2D eigenvalue weighted by Crippen LogP contribution is -2.55. The Morgan fingerprint density at radius 1 is 1.13 bits per heavy atom. The largest absolute Gasteiger partial charge is 0.328 e. The Bertz CT molecular complexity index is 227. The van der Waals surface area contributed by atoms with E-state index in [1.165, 1.54) is 45.1 Å². The molecular weight excluding hydrogens is 184 g/mol. The summed E-state index contributed by atoms with van der Waals surface area (Å²) in [5.74, 6) is 2.02. The lowest BCUT2D eigenvalue weighted by atomic mass is 9.82. The zero-order valence-corrected chi connectivity index (χ0v) is 9.86. The lowest BCUT2D eigenvalue weighted by molar-refractivity contribution is 0.0267. The van der Waals surface area contributed by atoms with Gasteiger partial charge in [0.1, 0.15) is 0 Å². The van der Waals surface area contributed by atoms with E-state index in [2.05, 4.69) is 11.8 Å².